The summed E-state index contributed by atoms with van der Waals surface area (Å²) in [5.74, 6) is 0.850. The number of nitrogens with one attached hydrogen (secondary N) is 1. The normalized spacial score (nSPS) is 18.9. The van der Waals surface area contributed by atoms with E-state index in [1.54, 1.807) is 12.4 Å². The maximum absolute atomic E-state index is 5.46. The number of rotatable bonds is 4. The summed E-state index contributed by atoms with van der Waals surface area (Å²) in [6.45, 7) is 4.49. The smallest absolute Gasteiger partial charge is 0.144 e. The van der Waals surface area contributed by atoms with Crippen LogP contribution in [0.5, 0.6) is 0 Å². The van der Waals surface area contributed by atoms with E-state index in [0.717, 1.165) is 44.1 Å². The highest BCUT2D eigenvalue weighted by atomic mass is 16.5. The lowest BCUT2D eigenvalue weighted by atomic mass is 9.88. The van der Waals surface area contributed by atoms with Gasteiger partial charge in [0.05, 0.1) is 11.9 Å². The number of aromatic nitrogens is 2. The highest BCUT2D eigenvalue weighted by molar-refractivity contribution is 5.32. The molecule has 1 saturated heterocycles. The topological polar surface area (TPSA) is 50.3 Å². The number of ether oxygens (including phenoxy) is 1. The standard InChI is InChI=1S/C13H22N4O/c1-11-8-14-9-12(16-11)15-10-13(17(2)3)4-6-18-7-5-13/h8-9H,4-7,10H2,1-3H3,(H,15,16). The van der Waals surface area contributed by atoms with Crippen molar-refractivity contribution < 1.29 is 4.74 Å². The first-order chi connectivity index (χ1) is 8.62. The van der Waals surface area contributed by atoms with Crippen molar-refractivity contribution in [2.75, 3.05) is 39.2 Å². The van der Waals surface area contributed by atoms with Crippen molar-refractivity contribution >= 4 is 5.82 Å². The largest absolute Gasteiger partial charge is 0.381 e. The molecule has 0 radical (unpaired) electrons. The highest BCUT2D eigenvalue weighted by Gasteiger charge is 2.34. The van der Waals surface area contributed by atoms with Crippen LogP contribution < -0.4 is 5.32 Å². The van der Waals surface area contributed by atoms with Gasteiger partial charge in [-0.2, -0.15) is 0 Å². The molecular weight excluding hydrogens is 228 g/mol. The molecule has 0 saturated carbocycles. The minimum Gasteiger partial charge on any atom is -0.381 e. The van der Waals surface area contributed by atoms with Crippen molar-refractivity contribution in [2.45, 2.75) is 25.3 Å². The summed E-state index contributed by atoms with van der Waals surface area (Å²) in [5, 5.41) is 3.41. The predicted molar refractivity (Wildman–Crippen MR) is 71.7 cm³/mol. The number of aryl methyl sites for hydroxylation is 1. The van der Waals surface area contributed by atoms with Crippen LogP contribution in [-0.4, -0.2) is 54.3 Å². The summed E-state index contributed by atoms with van der Waals surface area (Å²) in [7, 11) is 4.27. The molecule has 1 aliphatic heterocycles. The first kappa shape index (κ1) is 13.2. The zero-order chi connectivity index (χ0) is 13.0. The van der Waals surface area contributed by atoms with E-state index in [-0.39, 0.29) is 5.54 Å². The van der Waals surface area contributed by atoms with Crippen LogP contribution in [0, 0.1) is 6.92 Å². The number of hydrogen-bond donors (Lipinski definition) is 1. The second-order valence-electron chi connectivity index (χ2n) is 5.13. The molecule has 0 amide bonds. The van der Waals surface area contributed by atoms with E-state index in [1.807, 2.05) is 6.92 Å². The van der Waals surface area contributed by atoms with Gasteiger partial charge in [0, 0.05) is 31.5 Å². The summed E-state index contributed by atoms with van der Waals surface area (Å²) in [6, 6.07) is 0. The van der Waals surface area contributed by atoms with Crippen molar-refractivity contribution in [2.24, 2.45) is 0 Å². The lowest BCUT2D eigenvalue weighted by Crippen LogP contribution is -2.53. The third kappa shape index (κ3) is 2.97. The first-order valence-electron chi connectivity index (χ1n) is 6.40. The van der Waals surface area contributed by atoms with E-state index < -0.39 is 0 Å². The Kier molecular flexibility index (Phi) is 4.14. The van der Waals surface area contributed by atoms with Gasteiger partial charge in [-0.25, -0.2) is 4.98 Å². The van der Waals surface area contributed by atoms with Crippen molar-refractivity contribution in [3.63, 3.8) is 0 Å². The van der Waals surface area contributed by atoms with Gasteiger partial charge in [-0.05, 0) is 33.9 Å². The van der Waals surface area contributed by atoms with Gasteiger partial charge in [-0.1, -0.05) is 0 Å². The van der Waals surface area contributed by atoms with Crippen LogP contribution in [0.2, 0.25) is 0 Å². The number of likely N-dealkylation sites (N-methyl/N-ethyl adjacent to an activating group) is 1. The zero-order valence-corrected chi connectivity index (χ0v) is 11.4. The summed E-state index contributed by atoms with van der Waals surface area (Å²) in [6.07, 6.45) is 5.63. The van der Waals surface area contributed by atoms with Gasteiger partial charge in [0.15, 0.2) is 0 Å². The van der Waals surface area contributed by atoms with Crippen LogP contribution in [0.3, 0.4) is 0 Å². The predicted octanol–water partition coefficient (Wildman–Crippen LogP) is 1.31. The second kappa shape index (κ2) is 5.63. The molecule has 2 rings (SSSR count). The monoisotopic (exact) mass is 250 g/mol. The molecule has 1 N–H and O–H groups in total. The summed E-state index contributed by atoms with van der Waals surface area (Å²) < 4.78 is 5.46. The Morgan fingerprint density at radius 2 is 2.06 bits per heavy atom. The van der Waals surface area contributed by atoms with Crippen molar-refractivity contribution in [1.29, 1.82) is 0 Å². The molecule has 0 atom stereocenters. The van der Waals surface area contributed by atoms with E-state index in [2.05, 4.69) is 34.3 Å². The van der Waals surface area contributed by atoms with Crippen molar-refractivity contribution in [3.8, 4) is 0 Å². The zero-order valence-electron chi connectivity index (χ0n) is 11.4. The van der Waals surface area contributed by atoms with E-state index in [0.29, 0.717) is 0 Å². The Hall–Kier alpha value is -1.20. The van der Waals surface area contributed by atoms with Crippen LogP contribution in [0.4, 0.5) is 5.82 Å². The van der Waals surface area contributed by atoms with Crippen molar-refractivity contribution in [1.82, 2.24) is 14.9 Å². The molecule has 0 bridgehead atoms. The second-order valence-corrected chi connectivity index (χ2v) is 5.13. The van der Waals surface area contributed by atoms with E-state index in [4.69, 9.17) is 4.74 Å². The molecule has 2 heterocycles. The molecular formula is C13H22N4O. The fourth-order valence-corrected chi connectivity index (χ4v) is 2.34. The minimum absolute atomic E-state index is 0.156. The SMILES string of the molecule is Cc1cncc(NCC2(N(C)C)CCOCC2)n1. The van der Waals surface area contributed by atoms with Gasteiger partial charge in [0.25, 0.3) is 0 Å². The van der Waals surface area contributed by atoms with Gasteiger partial charge in [0.1, 0.15) is 5.82 Å². The van der Waals surface area contributed by atoms with Crippen LogP contribution >= 0.6 is 0 Å². The summed E-state index contributed by atoms with van der Waals surface area (Å²) in [4.78, 5) is 10.9. The van der Waals surface area contributed by atoms with E-state index in [1.165, 1.54) is 0 Å². The Morgan fingerprint density at radius 3 is 2.67 bits per heavy atom. The lowest BCUT2D eigenvalue weighted by molar-refractivity contribution is -0.000668. The van der Waals surface area contributed by atoms with Gasteiger partial charge >= 0.3 is 0 Å². The van der Waals surface area contributed by atoms with Crippen LogP contribution in [0.1, 0.15) is 18.5 Å². The summed E-state index contributed by atoms with van der Waals surface area (Å²) >= 11 is 0. The third-order valence-corrected chi connectivity index (χ3v) is 3.73. The number of hydrogen-bond acceptors (Lipinski definition) is 5. The number of anilines is 1. The van der Waals surface area contributed by atoms with Crippen LogP contribution in [-0.2, 0) is 4.74 Å². The highest BCUT2D eigenvalue weighted by Crippen LogP contribution is 2.26. The fourth-order valence-electron chi connectivity index (χ4n) is 2.34. The Morgan fingerprint density at radius 1 is 1.33 bits per heavy atom. The Labute approximate surface area is 109 Å². The van der Waals surface area contributed by atoms with Crippen LogP contribution in [0.25, 0.3) is 0 Å². The molecule has 1 aromatic rings. The fraction of sp³-hybridized carbons (Fsp3) is 0.692. The van der Waals surface area contributed by atoms with Gasteiger partial charge in [-0.3, -0.25) is 4.98 Å². The van der Waals surface area contributed by atoms with E-state index >= 15 is 0 Å². The Bertz CT molecular complexity index is 388. The molecule has 1 fully saturated rings. The number of nitrogens with zero attached hydrogens (tertiary/aromatic N) is 3. The summed E-state index contributed by atoms with van der Waals surface area (Å²) in [5.41, 5.74) is 1.09. The molecule has 1 aliphatic rings. The van der Waals surface area contributed by atoms with E-state index in [9.17, 15) is 0 Å². The maximum Gasteiger partial charge on any atom is 0.144 e. The molecule has 5 heteroatoms. The lowest BCUT2D eigenvalue weighted by Gasteiger charge is -2.43. The molecule has 5 nitrogen and oxygen atoms in total. The molecule has 0 aliphatic carbocycles. The van der Waals surface area contributed by atoms with Gasteiger partial charge < -0.3 is 15.0 Å². The Balaban J connectivity index is 2.01. The average molecular weight is 250 g/mol. The molecule has 18 heavy (non-hydrogen) atoms. The van der Waals surface area contributed by atoms with Crippen molar-refractivity contribution in [3.05, 3.63) is 18.1 Å². The maximum atomic E-state index is 5.46. The molecule has 0 aromatic carbocycles. The quantitative estimate of drug-likeness (QED) is 0.873. The van der Waals surface area contributed by atoms with Gasteiger partial charge in [0.2, 0.25) is 0 Å². The minimum atomic E-state index is 0.156. The molecule has 0 unspecified atom stereocenters. The first-order valence-corrected chi connectivity index (χ1v) is 6.40. The molecule has 1 aromatic heterocycles. The van der Waals surface area contributed by atoms with Gasteiger partial charge in [-0.15, -0.1) is 0 Å². The molecule has 100 valence electrons. The van der Waals surface area contributed by atoms with Crippen LogP contribution in [0.15, 0.2) is 12.4 Å². The molecule has 0 spiro atoms. The average Bonchev–Trinajstić information content (AvgIpc) is 2.37. The third-order valence-electron chi connectivity index (χ3n) is 3.73.